The molecule has 2 heterocycles. The van der Waals surface area contributed by atoms with E-state index in [2.05, 4.69) is 10.2 Å². The average molecular weight is 333 g/mol. The van der Waals surface area contributed by atoms with Crippen molar-refractivity contribution < 1.29 is 14.0 Å². The lowest BCUT2D eigenvalue weighted by Crippen LogP contribution is -2.29. The number of aromatic nitrogens is 2. The molecule has 0 saturated carbocycles. The van der Waals surface area contributed by atoms with Crippen LogP contribution in [0.5, 0.6) is 0 Å². The number of nitrogens with zero attached hydrogens (tertiary/aromatic N) is 3. The van der Waals surface area contributed by atoms with E-state index >= 15 is 0 Å². The van der Waals surface area contributed by atoms with Gasteiger partial charge in [-0.15, -0.1) is 10.2 Å². The van der Waals surface area contributed by atoms with Gasteiger partial charge in [0.15, 0.2) is 0 Å². The SMILES string of the molecule is Cc1ccccc1Cc1nnc(CN2C(=O)c3ccccc3C2=O)o1. The quantitative estimate of drug-likeness (QED) is 0.686. The summed E-state index contributed by atoms with van der Waals surface area (Å²) in [5.41, 5.74) is 3.06. The van der Waals surface area contributed by atoms with E-state index in [1.165, 1.54) is 0 Å². The van der Waals surface area contributed by atoms with E-state index in [1.807, 2.05) is 31.2 Å². The third-order valence-corrected chi connectivity index (χ3v) is 4.28. The van der Waals surface area contributed by atoms with E-state index in [9.17, 15) is 9.59 Å². The van der Waals surface area contributed by atoms with Crippen LogP contribution in [0.3, 0.4) is 0 Å². The number of fused-ring (bicyclic) bond motifs is 1. The first-order chi connectivity index (χ1) is 12.1. The van der Waals surface area contributed by atoms with Gasteiger partial charge in [-0.1, -0.05) is 36.4 Å². The maximum atomic E-state index is 12.4. The molecule has 0 bridgehead atoms. The van der Waals surface area contributed by atoms with Crippen molar-refractivity contribution in [2.45, 2.75) is 19.9 Å². The van der Waals surface area contributed by atoms with Gasteiger partial charge < -0.3 is 4.42 Å². The Morgan fingerprint density at radius 3 is 2.16 bits per heavy atom. The van der Waals surface area contributed by atoms with E-state index in [4.69, 9.17) is 4.42 Å². The van der Waals surface area contributed by atoms with Crippen LogP contribution in [0.15, 0.2) is 52.9 Å². The molecule has 124 valence electrons. The minimum atomic E-state index is -0.334. The summed E-state index contributed by atoms with van der Waals surface area (Å²) in [4.78, 5) is 25.9. The first-order valence-corrected chi connectivity index (χ1v) is 7.94. The van der Waals surface area contributed by atoms with Gasteiger partial charge >= 0.3 is 0 Å². The monoisotopic (exact) mass is 333 g/mol. The first kappa shape index (κ1) is 15.3. The fourth-order valence-corrected chi connectivity index (χ4v) is 2.91. The van der Waals surface area contributed by atoms with E-state index < -0.39 is 0 Å². The molecular weight excluding hydrogens is 318 g/mol. The average Bonchev–Trinajstić information content (AvgIpc) is 3.16. The summed E-state index contributed by atoms with van der Waals surface area (Å²) in [6.07, 6.45) is 0.516. The Balaban J connectivity index is 1.52. The highest BCUT2D eigenvalue weighted by molar-refractivity contribution is 6.21. The summed E-state index contributed by atoms with van der Waals surface area (Å²) < 4.78 is 5.63. The molecule has 1 aromatic heterocycles. The van der Waals surface area contributed by atoms with Crippen molar-refractivity contribution in [3.8, 4) is 0 Å². The Kier molecular flexibility index (Phi) is 3.65. The molecule has 1 aliphatic heterocycles. The molecule has 6 nitrogen and oxygen atoms in total. The topological polar surface area (TPSA) is 76.3 Å². The van der Waals surface area contributed by atoms with E-state index in [-0.39, 0.29) is 24.2 Å². The molecule has 0 atom stereocenters. The third-order valence-electron chi connectivity index (χ3n) is 4.28. The molecule has 4 rings (SSSR count). The van der Waals surface area contributed by atoms with Gasteiger partial charge in [-0.05, 0) is 30.2 Å². The van der Waals surface area contributed by atoms with Crippen molar-refractivity contribution in [3.05, 3.63) is 82.6 Å². The predicted molar refractivity (Wildman–Crippen MR) is 88.9 cm³/mol. The van der Waals surface area contributed by atoms with Crippen molar-refractivity contribution in [1.29, 1.82) is 0 Å². The molecule has 0 saturated heterocycles. The number of amides is 2. The molecule has 0 N–H and O–H groups in total. The standard InChI is InChI=1S/C19H15N3O3/c1-12-6-2-3-7-13(12)10-16-20-21-17(25-16)11-22-18(23)14-8-4-5-9-15(14)19(22)24/h2-9H,10-11H2,1H3. The zero-order valence-electron chi connectivity index (χ0n) is 13.6. The fraction of sp³-hybridized carbons (Fsp3) is 0.158. The minimum absolute atomic E-state index is 0.0207. The van der Waals surface area contributed by atoms with Crippen LogP contribution in [-0.2, 0) is 13.0 Å². The molecule has 0 unspecified atom stereocenters. The van der Waals surface area contributed by atoms with Crippen LogP contribution >= 0.6 is 0 Å². The van der Waals surface area contributed by atoms with Crippen LogP contribution in [0.1, 0.15) is 43.6 Å². The summed E-state index contributed by atoms with van der Waals surface area (Å²) in [6.45, 7) is 2.00. The van der Waals surface area contributed by atoms with E-state index in [0.717, 1.165) is 16.0 Å². The second kappa shape index (κ2) is 5.98. The van der Waals surface area contributed by atoms with Gasteiger partial charge in [0.1, 0.15) is 6.54 Å². The van der Waals surface area contributed by atoms with Crippen LogP contribution < -0.4 is 0 Å². The van der Waals surface area contributed by atoms with Gasteiger partial charge in [0.25, 0.3) is 11.8 Å². The van der Waals surface area contributed by atoms with Crippen molar-refractivity contribution in [2.75, 3.05) is 0 Å². The van der Waals surface area contributed by atoms with Crippen LogP contribution in [-0.4, -0.2) is 26.9 Å². The van der Waals surface area contributed by atoms with Crippen molar-refractivity contribution in [3.63, 3.8) is 0 Å². The largest absolute Gasteiger partial charge is 0.423 e. The molecule has 1 aliphatic rings. The van der Waals surface area contributed by atoms with Crippen molar-refractivity contribution in [2.24, 2.45) is 0 Å². The number of hydrogen-bond donors (Lipinski definition) is 0. The van der Waals surface area contributed by atoms with Gasteiger partial charge in [0, 0.05) is 0 Å². The smallest absolute Gasteiger partial charge is 0.262 e. The zero-order valence-corrected chi connectivity index (χ0v) is 13.6. The highest BCUT2D eigenvalue weighted by Gasteiger charge is 2.36. The predicted octanol–water partition coefficient (Wildman–Crippen LogP) is 2.77. The summed E-state index contributed by atoms with van der Waals surface area (Å²) in [7, 11) is 0. The summed E-state index contributed by atoms with van der Waals surface area (Å²) in [6, 6.07) is 14.7. The number of imide groups is 1. The molecule has 6 heteroatoms. The summed E-state index contributed by atoms with van der Waals surface area (Å²) in [5, 5.41) is 8.00. The highest BCUT2D eigenvalue weighted by atomic mass is 16.4. The Hall–Kier alpha value is -3.28. The first-order valence-electron chi connectivity index (χ1n) is 7.94. The molecule has 0 spiro atoms. The molecule has 2 amide bonds. The van der Waals surface area contributed by atoms with Gasteiger partial charge in [-0.2, -0.15) is 0 Å². The lowest BCUT2D eigenvalue weighted by molar-refractivity contribution is 0.0628. The van der Waals surface area contributed by atoms with Gasteiger partial charge in [0.2, 0.25) is 11.8 Å². The number of hydrogen-bond acceptors (Lipinski definition) is 5. The maximum absolute atomic E-state index is 12.4. The Labute approximate surface area is 144 Å². The van der Waals surface area contributed by atoms with Gasteiger partial charge in [-0.3, -0.25) is 14.5 Å². The van der Waals surface area contributed by atoms with Crippen LogP contribution in [0.2, 0.25) is 0 Å². The Morgan fingerprint density at radius 2 is 1.48 bits per heavy atom. The van der Waals surface area contributed by atoms with Gasteiger partial charge in [0.05, 0.1) is 17.5 Å². The molecule has 3 aromatic rings. The molecule has 0 aliphatic carbocycles. The molecule has 25 heavy (non-hydrogen) atoms. The van der Waals surface area contributed by atoms with Crippen LogP contribution in [0.25, 0.3) is 0 Å². The second-order valence-corrected chi connectivity index (χ2v) is 5.93. The Morgan fingerprint density at radius 1 is 0.880 bits per heavy atom. The zero-order chi connectivity index (χ0) is 17.4. The molecule has 2 aromatic carbocycles. The number of aryl methyl sites for hydroxylation is 1. The third kappa shape index (κ3) is 2.71. The van der Waals surface area contributed by atoms with Crippen molar-refractivity contribution in [1.82, 2.24) is 15.1 Å². The number of rotatable bonds is 4. The molecule has 0 radical (unpaired) electrons. The number of carbonyl (C=O) groups excluding carboxylic acids is 2. The van der Waals surface area contributed by atoms with Crippen LogP contribution in [0, 0.1) is 6.92 Å². The van der Waals surface area contributed by atoms with E-state index in [0.29, 0.717) is 23.4 Å². The molecular formula is C19H15N3O3. The summed E-state index contributed by atoms with van der Waals surface area (Å²) in [5.74, 6) is 0.0394. The minimum Gasteiger partial charge on any atom is -0.423 e. The summed E-state index contributed by atoms with van der Waals surface area (Å²) >= 11 is 0. The maximum Gasteiger partial charge on any atom is 0.262 e. The number of carbonyl (C=O) groups is 2. The lowest BCUT2D eigenvalue weighted by Gasteiger charge is -2.10. The lowest BCUT2D eigenvalue weighted by atomic mass is 10.1. The number of benzene rings is 2. The normalized spacial score (nSPS) is 13.4. The second-order valence-electron chi connectivity index (χ2n) is 5.93. The van der Waals surface area contributed by atoms with E-state index in [1.54, 1.807) is 24.3 Å². The van der Waals surface area contributed by atoms with Gasteiger partial charge in [-0.25, -0.2) is 0 Å². The van der Waals surface area contributed by atoms with Crippen molar-refractivity contribution >= 4 is 11.8 Å². The molecule has 0 fully saturated rings. The Bertz CT molecular complexity index is 942. The fourth-order valence-electron chi connectivity index (χ4n) is 2.91. The highest BCUT2D eigenvalue weighted by Crippen LogP contribution is 2.24. The van der Waals surface area contributed by atoms with Crippen LogP contribution in [0.4, 0.5) is 0 Å².